The first-order valence-electron chi connectivity index (χ1n) is 10.5. The summed E-state index contributed by atoms with van der Waals surface area (Å²) in [7, 11) is 0. The highest BCUT2D eigenvalue weighted by Gasteiger charge is 2.21. The van der Waals surface area contributed by atoms with E-state index in [9.17, 15) is 9.90 Å². The standard InChI is InChI=1S/C26H25N3O3/c27-22(15-19-11-13-21(30)14-12-19)26-29-24(17-32-26)25(31)28-23(20-9-5-2-6-10-20)16-18-7-3-1-4-8-18/h1-14,17,22-23,30H,15-16,27H2,(H,28,31). The van der Waals surface area contributed by atoms with E-state index < -0.39 is 6.04 Å². The number of carbonyl (C=O) groups excluding carboxylic acids is 1. The predicted molar refractivity (Wildman–Crippen MR) is 122 cm³/mol. The molecule has 32 heavy (non-hydrogen) atoms. The minimum atomic E-state index is -0.504. The molecular formula is C26H25N3O3. The van der Waals surface area contributed by atoms with Crippen molar-refractivity contribution >= 4 is 5.91 Å². The summed E-state index contributed by atoms with van der Waals surface area (Å²) >= 11 is 0. The number of nitrogens with zero attached hydrogens (tertiary/aromatic N) is 1. The third-order valence-corrected chi connectivity index (χ3v) is 5.25. The maximum absolute atomic E-state index is 12.9. The van der Waals surface area contributed by atoms with Crippen LogP contribution in [0.2, 0.25) is 0 Å². The van der Waals surface area contributed by atoms with Gasteiger partial charge in [0.1, 0.15) is 12.0 Å². The van der Waals surface area contributed by atoms with Gasteiger partial charge < -0.3 is 20.6 Å². The van der Waals surface area contributed by atoms with Crippen LogP contribution < -0.4 is 11.1 Å². The molecule has 0 aliphatic rings. The van der Waals surface area contributed by atoms with Crippen LogP contribution in [0.15, 0.2) is 95.6 Å². The molecule has 0 saturated heterocycles. The van der Waals surface area contributed by atoms with Crippen LogP contribution in [0.3, 0.4) is 0 Å². The van der Waals surface area contributed by atoms with Crippen LogP contribution >= 0.6 is 0 Å². The first-order valence-corrected chi connectivity index (χ1v) is 10.5. The molecule has 162 valence electrons. The zero-order valence-electron chi connectivity index (χ0n) is 17.5. The first-order chi connectivity index (χ1) is 15.6. The van der Waals surface area contributed by atoms with E-state index in [-0.39, 0.29) is 23.4 Å². The maximum Gasteiger partial charge on any atom is 0.273 e. The molecule has 1 amide bonds. The van der Waals surface area contributed by atoms with Crippen LogP contribution in [0.1, 0.15) is 45.2 Å². The molecule has 6 nitrogen and oxygen atoms in total. The Bertz CT molecular complexity index is 1140. The summed E-state index contributed by atoms with van der Waals surface area (Å²) in [4.78, 5) is 17.3. The third kappa shape index (κ3) is 5.42. The van der Waals surface area contributed by atoms with Crippen molar-refractivity contribution in [1.82, 2.24) is 10.3 Å². The molecule has 0 saturated carbocycles. The van der Waals surface area contributed by atoms with E-state index in [0.29, 0.717) is 18.7 Å². The van der Waals surface area contributed by atoms with E-state index in [1.54, 1.807) is 24.3 Å². The van der Waals surface area contributed by atoms with Gasteiger partial charge in [-0.2, -0.15) is 0 Å². The molecule has 4 N–H and O–H groups in total. The summed E-state index contributed by atoms with van der Waals surface area (Å²) in [6.07, 6.45) is 2.47. The van der Waals surface area contributed by atoms with Crippen molar-refractivity contribution in [2.45, 2.75) is 24.9 Å². The van der Waals surface area contributed by atoms with Crippen molar-refractivity contribution in [2.24, 2.45) is 5.73 Å². The Hall–Kier alpha value is -3.90. The second-order valence-electron chi connectivity index (χ2n) is 7.67. The molecule has 0 aliphatic carbocycles. The van der Waals surface area contributed by atoms with E-state index in [1.807, 2.05) is 60.7 Å². The summed E-state index contributed by atoms with van der Waals surface area (Å²) < 4.78 is 5.50. The van der Waals surface area contributed by atoms with Gasteiger partial charge in [-0.05, 0) is 41.7 Å². The number of nitrogens with one attached hydrogen (secondary N) is 1. The minimum absolute atomic E-state index is 0.190. The van der Waals surface area contributed by atoms with Crippen LogP contribution in [-0.4, -0.2) is 16.0 Å². The van der Waals surface area contributed by atoms with Crippen molar-refractivity contribution in [1.29, 1.82) is 0 Å². The zero-order valence-corrected chi connectivity index (χ0v) is 17.5. The van der Waals surface area contributed by atoms with Gasteiger partial charge in [-0.1, -0.05) is 72.8 Å². The summed E-state index contributed by atoms with van der Waals surface area (Å²) in [5.74, 6) is 0.171. The summed E-state index contributed by atoms with van der Waals surface area (Å²) in [6.45, 7) is 0. The number of rotatable bonds is 8. The first kappa shape index (κ1) is 21.3. The van der Waals surface area contributed by atoms with E-state index in [0.717, 1.165) is 16.7 Å². The SMILES string of the molecule is NC(Cc1ccc(O)cc1)c1nc(C(=O)NC(Cc2ccccc2)c2ccccc2)co1. The van der Waals surface area contributed by atoms with Gasteiger partial charge in [-0.15, -0.1) is 0 Å². The fraction of sp³-hybridized carbons (Fsp3) is 0.154. The minimum Gasteiger partial charge on any atom is -0.508 e. The van der Waals surface area contributed by atoms with Crippen molar-refractivity contribution in [3.05, 3.63) is 119 Å². The number of amides is 1. The lowest BCUT2D eigenvalue weighted by atomic mass is 9.99. The van der Waals surface area contributed by atoms with Crippen molar-refractivity contribution < 1.29 is 14.3 Å². The number of carbonyl (C=O) groups is 1. The Morgan fingerprint density at radius 1 is 0.906 bits per heavy atom. The highest BCUT2D eigenvalue weighted by molar-refractivity contribution is 5.92. The van der Waals surface area contributed by atoms with Crippen LogP contribution in [0.5, 0.6) is 5.75 Å². The van der Waals surface area contributed by atoms with Gasteiger partial charge in [0.25, 0.3) is 5.91 Å². The Morgan fingerprint density at radius 2 is 1.53 bits per heavy atom. The van der Waals surface area contributed by atoms with E-state index in [2.05, 4.69) is 10.3 Å². The average molecular weight is 428 g/mol. The highest BCUT2D eigenvalue weighted by Crippen LogP contribution is 2.21. The molecule has 0 radical (unpaired) electrons. The van der Waals surface area contributed by atoms with Gasteiger partial charge in [-0.25, -0.2) is 4.98 Å². The number of oxazole rings is 1. The largest absolute Gasteiger partial charge is 0.508 e. The van der Waals surface area contributed by atoms with Gasteiger partial charge in [0, 0.05) is 0 Å². The monoisotopic (exact) mass is 427 g/mol. The lowest BCUT2D eigenvalue weighted by Crippen LogP contribution is -2.30. The molecule has 1 aromatic heterocycles. The Balaban J connectivity index is 1.46. The Kier molecular flexibility index (Phi) is 6.63. The van der Waals surface area contributed by atoms with E-state index >= 15 is 0 Å². The third-order valence-electron chi connectivity index (χ3n) is 5.25. The van der Waals surface area contributed by atoms with Crippen molar-refractivity contribution in [2.75, 3.05) is 0 Å². The molecule has 3 aromatic carbocycles. The fourth-order valence-electron chi connectivity index (χ4n) is 3.56. The van der Waals surface area contributed by atoms with Gasteiger partial charge in [0.2, 0.25) is 5.89 Å². The number of hydrogen-bond donors (Lipinski definition) is 3. The van der Waals surface area contributed by atoms with Crippen molar-refractivity contribution in [3.63, 3.8) is 0 Å². The second kappa shape index (κ2) is 9.94. The highest BCUT2D eigenvalue weighted by atomic mass is 16.3. The smallest absolute Gasteiger partial charge is 0.273 e. The van der Waals surface area contributed by atoms with E-state index in [1.165, 1.54) is 6.26 Å². The normalized spacial score (nSPS) is 12.8. The molecule has 2 unspecified atom stereocenters. The lowest BCUT2D eigenvalue weighted by Gasteiger charge is -2.19. The van der Waals surface area contributed by atoms with E-state index in [4.69, 9.17) is 10.2 Å². The fourth-order valence-corrected chi connectivity index (χ4v) is 3.56. The zero-order chi connectivity index (χ0) is 22.3. The van der Waals surface area contributed by atoms with Crippen LogP contribution in [-0.2, 0) is 12.8 Å². The molecule has 2 atom stereocenters. The number of phenols is 1. The number of aromatic hydroxyl groups is 1. The predicted octanol–water partition coefficient (Wildman–Crippen LogP) is 4.34. The Labute approximate surface area is 186 Å². The van der Waals surface area contributed by atoms with Crippen LogP contribution in [0.25, 0.3) is 0 Å². The van der Waals surface area contributed by atoms with Gasteiger partial charge in [0.15, 0.2) is 5.69 Å². The molecule has 4 rings (SSSR count). The number of hydrogen-bond acceptors (Lipinski definition) is 5. The molecule has 0 fully saturated rings. The molecule has 0 spiro atoms. The summed E-state index contributed by atoms with van der Waals surface area (Å²) in [5.41, 5.74) is 9.48. The van der Waals surface area contributed by atoms with Gasteiger partial charge >= 0.3 is 0 Å². The Morgan fingerprint density at radius 3 is 2.22 bits per heavy atom. The van der Waals surface area contributed by atoms with Gasteiger partial charge in [-0.3, -0.25) is 4.79 Å². The summed E-state index contributed by atoms with van der Waals surface area (Å²) in [5, 5.41) is 12.5. The number of nitrogens with two attached hydrogens (primary N) is 1. The summed E-state index contributed by atoms with van der Waals surface area (Å²) in [6, 6.07) is 25.9. The molecule has 1 heterocycles. The molecule has 6 heteroatoms. The molecule has 0 aliphatic heterocycles. The van der Waals surface area contributed by atoms with Crippen molar-refractivity contribution in [3.8, 4) is 5.75 Å². The number of benzene rings is 3. The van der Waals surface area contributed by atoms with Crippen LogP contribution in [0.4, 0.5) is 0 Å². The van der Waals surface area contributed by atoms with Gasteiger partial charge in [0.05, 0.1) is 12.1 Å². The number of phenolic OH excluding ortho intramolecular Hbond substituents is 1. The second-order valence-corrected chi connectivity index (χ2v) is 7.67. The molecule has 0 bridgehead atoms. The average Bonchev–Trinajstić information content (AvgIpc) is 3.32. The molecular weight excluding hydrogens is 402 g/mol. The van der Waals surface area contributed by atoms with Crippen LogP contribution in [0, 0.1) is 0 Å². The number of aromatic nitrogens is 1. The lowest BCUT2D eigenvalue weighted by molar-refractivity contribution is 0.0931. The topological polar surface area (TPSA) is 101 Å². The quantitative estimate of drug-likeness (QED) is 0.388. The maximum atomic E-state index is 12.9. The molecule has 4 aromatic rings.